The van der Waals surface area contributed by atoms with E-state index in [1.807, 2.05) is 19.1 Å². The summed E-state index contributed by atoms with van der Waals surface area (Å²) >= 11 is 1.62. The van der Waals surface area contributed by atoms with E-state index in [2.05, 4.69) is 0 Å². The second kappa shape index (κ2) is 7.09. The van der Waals surface area contributed by atoms with E-state index >= 15 is 0 Å². The molecule has 0 aliphatic heterocycles. The molecule has 0 atom stereocenters. The lowest BCUT2D eigenvalue weighted by atomic mass is 10.2. The quantitative estimate of drug-likeness (QED) is 0.889. The van der Waals surface area contributed by atoms with Crippen LogP contribution in [0.2, 0.25) is 0 Å². The number of aliphatic carboxylic acids is 1. The molecule has 6 heteroatoms. The monoisotopic (exact) mass is 319 g/mol. The Bertz CT molecular complexity index is 663. The summed E-state index contributed by atoms with van der Waals surface area (Å²) in [5, 5.41) is 8.56. The number of carbonyl (C=O) groups is 2. The second-order valence-corrected chi connectivity index (χ2v) is 6.19. The number of rotatable bonds is 6. The molecule has 5 nitrogen and oxygen atoms in total. The molecule has 2 aromatic rings. The van der Waals surface area contributed by atoms with Crippen molar-refractivity contribution in [2.45, 2.75) is 13.3 Å². The van der Waals surface area contributed by atoms with Crippen LogP contribution in [-0.4, -0.2) is 30.6 Å². The number of aryl methyl sites for hydroxylation is 1. The van der Waals surface area contributed by atoms with Gasteiger partial charge in [0, 0.05) is 22.5 Å². The van der Waals surface area contributed by atoms with Crippen molar-refractivity contribution in [2.75, 3.05) is 18.6 Å². The van der Waals surface area contributed by atoms with E-state index < -0.39 is 5.97 Å². The predicted octanol–water partition coefficient (Wildman–Crippen LogP) is 2.73. The average Bonchev–Trinajstić information content (AvgIpc) is 2.90. The molecule has 1 aromatic carbocycles. The number of ether oxygens (including phenoxy) is 1. The standard InChI is InChI=1S/C16H17NO4S/c1-11-3-8-14(22-11)9-15(18)17(2)12-4-6-13(7-5-12)21-10-16(19)20/h3-8H,9-10H2,1-2H3,(H,19,20). The number of benzene rings is 1. The Labute approximate surface area is 132 Å². The summed E-state index contributed by atoms with van der Waals surface area (Å²) in [6, 6.07) is 10.7. The lowest BCUT2D eigenvalue weighted by Crippen LogP contribution is -2.27. The lowest BCUT2D eigenvalue weighted by molar-refractivity contribution is -0.139. The van der Waals surface area contributed by atoms with Gasteiger partial charge in [-0.2, -0.15) is 0 Å². The summed E-state index contributed by atoms with van der Waals surface area (Å²) in [5.41, 5.74) is 0.737. The number of carbonyl (C=O) groups excluding carboxylic acids is 1. The van der Waals surface area contributed by atoms with Crippen LogP contribution in [0.3, 0.4) is 0 Å². The fourth-order valence-electron chi connectivity index (χ4n) is 1.90. The number of thiophene rings is 1. The smallest absolute Gasteiger partial charge is 0.341 e. The molecule has 2 rings (SSSR count). The van der Waals surface area contributed by atoms with E-state index in [0.717, 1.165) is 10.6 Å². The molecule has 0 radical (unpaired) electrons. The van der Waals surface area contributed by atoms with Gasteiger partial charge in [-0.15, -0.1) is 11.3 Å². The minimum absolute atomic E-state index is 0.000976. The Kier molecular flexibility index (Phi) is 5.16. The van der Waals surface area contributed by atoms with Gasteiger partial charge in [-0.1, -0.05) is 0 Å². The zero-order valence-corrected chi connectivity index (χ0v) is 13.2. The van der Waals surface area contributed by atoms with E-state index in [1.54, 1.807) is 47.5 Å². The largest absolute Gasteiger partial charge is 0.482 e. The van der Waals surface area contributed by atoms with Crippen LogP contribution in [0.25, 0.3) is 0 Å². The Morgan fingerprint density at radius 1 is 1.18 bits per heavy atom. The zero-order chi connectivity index (χ0) is 16.1. The van der Waals surface area contributed by atoms with Crippen LogP contribution in [0.4, 0.5) is 5.69 Å². The number of hydrogen-bond donors (Lipinski definition) is 1. The molecule has 1 amide bonds. The maximum Gasteiger partial charge on any atom is 0.341 e. The van der Waals surface area contributed by atoms with Crippen LogP contribution in [0.1, 0.15) is 9.75 Å². The van der Waals surface area contributed by atoms with Crippen molar-refractivity contribution in [1.29, 1.82) is 0 Å². The third kappa shape index (κ3) is 4.33. The van der Waals surface area contributed by atoms with Crippen molar-refractivity contribution in [3.63, 3.8) is 0 Å². The molecular weight excluding hydrogens is 302 g/mol. The molecule has 0 spiro atoms. The molecule has 116 valence electrons. The third-order valence-electron chi connectivity index (χ3n) is 3.08. The highest BCUT2D eigenvalue weighted by Crippen LogP contribution is 2.21. The fourth-order valence-corrected chi connectivity index (χ4v) is 2.78. The zero-order valence-electron chi connectivity index (χ0n) is 12.4. The first-order chi connectivity index (χ1) is 10.5. The molecule has 0 bridgehead atoms. The van der Waals surface area contributed by atoms with Crippen molar-refractivity contribution in [3.8, 4) is 5.75 Å². The van der Waals surface area contributed by atoms with Gasteiger partial charge in [-0.05, 0) is 43.3 Å². The molecule has 0 unspecified atom stereocenters. The third-order valence-corrected chi connectivity index (χ3v) is 4.08. The van der Waals surface area contributed by atoms with Gasteiger partial charge < -0.3 is 14.7 Å². The number of carboxylic acid groups (broad SMARTS) is 1. The molecule has 0 saturated carbocycles. The van der Waals surface area contributed by atoms with Gasteiger partial charge in [-0.25, -0.2) is 4.79 Å². The van der Waals surface area contributed by atoms with E-state index in [-0.39, 0.29) is 12.5 Å². The normalized spacial score (nSPS) is 10.3. The van der Waals surface area contributed by atoms with E-state index in [1.165, 1.54) is 4.88 Å². The summed E-state index contributed by atoms with van der Waals surface area (Å²) < 4.78 is 5.06. The minimum atomic E-state index is -1.03. The molecule has 0 saturated heterocycles. The molecule has 0 aliphatic rings. The molecule has 1 aromatic heterocycles. The van der Waals surface area contributed by atoms with Crippen LogP contribution in [-0.2, 0) is 16.0 Å². The van der Waals surface area contributed by atoms with Crippen LogP contribution < -0.4 is 9.64 Å². The summed E-state index contributed by atoms with van der Waals surface area (Å²) in [6.07, 6.45) is 0.367. The number of nitrogens with zero attached hydrogens (tertiary/aromatic N) is 1. The van der Waals surface area contributed by atoms with Gasteiger partial charge >= 0.3 is 5.97 Å². The van der Waals surface area contributed by atoms with Gasteiger partial charge in [0.25, 0.3) is 0 Å². The van der Waals surface area contributed by atoms with Crippen LogP contribution in [0.5, 0.6) is 5.75 Å². The predicted molar refractivity (Wildman–Crippen MR) is 85.7 cm³/mol. The molecule has 22 heavy (non-hydrogen) atoms. The first-order valence-electron chi connectivity index (χ1n) is 6.72. The highest BCUT2D eigenvalue weighted by molar-refractivity contribution is 7.12. The Balaban J connectivity index is 1.97. The van der Waals surface area contributed by atoms with Crippen molar-refractivity contribution in [2.24, 2.45) is 0 Å². The van der Waals surface area contributed by atoms with E-state index in [9.17, 15) is 9.59 Å². The Morgan fingerprint density at radius 3 is 2.41 bits per heavy atom. The Morgan fingerprint density at radius 2 is 1.86 bits per heavy atom. The van der Waals surface area contributed by atoms with E-state index in [0.29, 0.717) is 12.2 Å². The van der Waals surface area contributed by atoms with Crippen molar-refractivity contribution in [1.82, 2.24) is 0 Å². The molecule has 1 heterocycles. The van der Waals surface area contributed by atoms with Crippen molar-refractivity contribution >= 4 is 28.9 Å². The van der Waals surface area contributed by atoms with Gasteiger partial charge in [0.15, 0.2) is 6.61 Å². The van der Waals surface area contributed by atoms with Crippen LogP contribution in [0.15, 0.2) is 36.4 Å². The molecule has 0 fully saturated rings. The topological polar surface area (TPSA) is 66.8 Å². The van der Waals surface area contributed by atoms with Crippen LogP contribution in [0, 0.1) is 6.92 Å². The summed E-state index contributed by atoms with van der Waals surface area (Å²) in [7, 11) is 1.72. The highest BCUT2D eigenvalue weighted by atomic mass is 32.1. The minimum Gasteiger partial charge on any atom is -0.482 e. The van der Waals surface area contributed by atoms with Crippen molar-refractivity contribution < 1.29 is 19.4 Å². The lowest BCUT2D eigenvalue weighted by Gasteiger charge is -2.17. The number of hydrogen-bond acceptors (Lipinski definition) is 4. The number of amides is 1. The Hall–Kier alpha value is -2.34. The van der Waals surface area contributed by atoms with Crippen LogP contribution >= 0.6 is 11.3 Å². The number of carboxylic acids is 1. The summed E-state index contributed by atoms with van der Waals surface area (Å²) in [5.74, 6) is -0.565. The summed E-state index contributed by atoms with van der Waals surface area (Å²) in [4.78, 5) is 26.5. The SMILES string of the molecule is Cc1ccc(CC(=O)N(C)c2ccc(OCC(=O)O)cc2)s1. The molecule has 0 aliphatic carbocycles. The first kappa shape index (κ1) is 16.0. The summed E-state index contributed by atoms with van der Waals surface area (Å²) in [6.45, 7) is 1.63. The second-order valence-electron chi connectivity index (χ2n) is 4.82. The van der Waals surface area contributed by atoms with E-state index in [4.69, 9.17) is 9.84 Å². The van der Waals surface area contributed by atoms with Gasteiger partial charge in [0.1, 0.15) is 5.75 Å². The van der Waals surface area contributed by atoms with Gasteiger partial charge in [0.05, 0.1) is 6.42 Å². The molecule has 1 N–H and O–H groups in total. The average molecular weight is 319 g/mol. The van der Waals surface area contributed by atoms with Crippen molar-refractivity contribution in [3.05, 3.63) is 46.2 Å². The highest BCUT2D eigenvalue weighted by Gasteiger charge is 2.13. The molecular formula is C16H17NO4S. The first-order valence-corrected chi connectivity index (χ1v) is 7.54. The maximum atomic E-state index is 12.2. The number of anilines is 1. The fraction of sp³-hybridized carbons (Fsp3) is 0.250. The number of likely N-dealkylation sites (N-methyl/N-ethyl adjacent to an activating group) is 1. The maximum absolute atomic E-state index is 12.2. The van der Waals surface area contributed by atoms with Gasteiger partial charge in [-0.3, -0.25) is 4.79 Å². The van der Waals surface area contributed by atoms with Gasteiger partial charge in [0.2, 0.25) is 5.91 Å².